The highest BCUT2D eigenvalue weighted by molar-refractivity contribution is 6.03. The molecule has 6 rings (SSSR count). The van der Waals surface area contributed by atoms with Crippen LogP contribution in [0.2, 0.25) is 0 Å². The van der Waals surface area contributed by atoms with Crippen LogP contribution in [-0.4, -0.2) is 14.5 Å². The van der Waals surface area contributed by atoms with Crippen molar-refractivity contribution in [2.75, 3.05) is 0 Å². The standard InChI is InChI=1S/C20H13N4O/c1-2-5-13(6-3-1)24-17-8-10-21-11-15(17)18-20(24)25-19-14-7-4-9-22-16(14)12-23(18)19/h1-11H,12H2/q+1. The second-order valence-corrected chi connectivity index (χ2v) is 6.21. The zero-order valence-electron chi connectivity index (χ0n) is 13.3. The van der Waals surface area contributed by atoms with Crippen LogP contribution in [0.15, 0.2) is 71.5 Å². The van der Waals surface area contributed by atoms with Crippen LogP contribution < -0.4 is 4.57 Å². The second kappa shape index (κ2) is 4.54. The van der Waals surface area contributed by atoms with E-state index in [0.717, 1.165) is 51.5 Å². The molecule has 0 amide bonds. The van der Waals surface area contributed by atoms with E-state index in [0.29, 0.717) is 0 Å². The van der Waals surface area contributed by atoms with Gasteiger partial charge in [-0.1, -0.05) is 18.2 Å². The number of benzene rings is 1. The molecule has 0 unspecified atom stereocenters. The number of nitrogens with zero attached hydrogens (tertiary/aromatic N) is 4. The number of hydrogen-bond donors (Lipinski definition) is 0. The highest BCUT2D eigenvalue weighted by Crippen LogP contribution is 2.36. The molecule has 0 bridgehead atoms. The molecule has 0 radical (unpaired) electrons. The SMILES string of the molecule is c1ccc(-n2c3ccncc3c3c2oc2[n+]3Cc3ncccc3-2)cc1. The lowest BCUT2D eigenvalue weighted by atomic mass is 10.2. The predicted molar refractivity (Wildman–Crippen MR) is 93.4 cm³/mol. The summed E-state index contributed by atoms with van der Waals surface area (Å²) in [5, 5.41) is 1.09. The molecule has 5 nitrogen and oxygen atoms in total. The van der Waals surface area contributed by atoms with Crippen molar-refractivity contribution in [1.29, 1.82) is 0 Å². The van der Waals surface area contributed by atoms with Crippen molar-refractivity contribution < 1.29 is 8.98 Å². The van der Waals surface area contributed by atoms with E-state index in [1.807, 2.05) is 48.9 Å². The lowest BCUT2D eigenvalue weighted by Gasteiger charge is -2.03. The topological polar surface area (TPSA) is 47.7 Å². The Labute approximate surface area is 142 Å². The van der Waals surface area contributed by atoms with E-state index in [1.54, 1.807) is 0 Å². The van der Waals surface area contributed by atoms with Gasteiger partial charge >= 0.3 is 5.89 Å². The minimum Gasteiger partial charge on any atom is -0.380 e. The summed E-state index contributed by atoms with van der Waals surface area (Å²) >= 11 is 0. The van der Waals surface area contributed by atoms with Gasteiger partial charge in [0.15, 0.2) is 6.54 Å². The molecule has 118 valence electrons. The van der Waals surface area contributed by atoms with E-state index in [1.165, 1.54) is 0 Å². The summed E-state index contributed by atoms with van der Waals surface area (Å²) < 4.78 is 10.7. The first-order chi connectivity index (χ1) is 12.4. The number of aromatic nitrogens is 4. The van der Waals surface area contributed by atoms with E-state index in [4.69, 9.17) is 4.42 Å². The first-order valence-corrected chi connectivity index (χ1v) is 8.22. The zero-order valence-corrected chi connectivity index (χ0v) is 13.3. The average Bonchev–Trinajstić information content (AvgIpc) is 3.29. The van der Waals surface area contributed by atoms with Crippen LogP contribution in [0.5, 0.6) is 0 Å². The summed E-state index contributed by atoms with van der Waals surface area (Å²) in [7, 11) is 0. The Morgan fingerprint density at radius 1 is 1.00 bits per heavy atom. The van der Waals surface area contributed by atoms with Crippen molar-refractivity contribution in [3.63, 3.8) is 0 Å². The summed E-state index contributed by atoms with van der Waals surface area (Å²) in [5.74, 6) is 0.864. The van der Waals surface area contributed by atoms with E-state index >= 15 is 0 Å². The quantitative estimate of drug-likeness (QED) is 0.435. The van der Waals surface area contributed by atoms with Gasteiger partial charge in [0.05, 0.1) is 10.9 Å². The minimum atomic E-state index is 0.724. The molecule has 5 heteroatoms. The van der Waals surface area contributed by atoms with Gasteiger partial charge in [0, 0.05) is 24.3 Å². The number of hydrogen-bond acceptors (Lipinski definition) is 3. The first-order valence-electron chi connectivity index (χ1n) is 8.22. The molecule has 1 aliphatic heterocycles. The van der Waals surface area contributed by atoms with E-state index in [-0.39, 0.29) is 0 Å². The molecule has 5 heterocycles. The van der Waals surface area contributed by atoms with Crippen LogP contribution in [0.1, 0.15) is 5.69 Å². The molecule has 1 aromatic carbocycles. The van der Waals surface area contributed by atoms with Crippen molar-refractivity contribution in [1.82, 2.24) is 14.5 Å². The van der Waals surface area contributed by atoms with Crippen LogP contribution in [0.25, 0.3) is 39.3 Å². The third-order valence-electron chi connectivity index (χ3n) is 4.85. The van der Waals surface area contributed by atoms with E-state index in [9.17, 15) is 0 Å². The zero-order chi connectivity index (χ0) is 16.4. The van der Waals surface area contributed by atoms with Crippen molar-refractivity contribution in [2.45, 2.75) is 6.54 Å². The Morgan fingerprint density at radius 3 is 2.84 bits per heavy atom. The van der Waals surface area contributed by atoms with Crippen molar-refractivity contribution in [2.24, 2.45) is 0 Å². The Hall–Kier alpha value is -3.47. The molecular weight excluding hydrogens is 312 g/mol. The van der Waals surface area contributed by atoms with Crippen LogP contribution in [0.3, 0.4) is 0 Å². The fraction of sp³-hybridized carbons (Fsp3) is 0.0500. The third kappa shape index (κ3) is 1.59. The summed E-state index contributed by atoms with van der Waals surface area (Å²) in [4.78, 5) is 8.84. The smallest absolute Gasteiger partial charge is 0.380 e. The van der Waals surface area contributed by atoms with Crippen molar-refractivity contribution in [3.05, 3.63) is 72.8 Å². The number of rotatable bonds is 1. The first kappa shape index (κ1) is 12.9. The van der Waals surface area contributed by atoms with Gasteiger partial charge < -0.3 is 4.42 Å². The largest absolute Gasteiger partial charge is 0.385 e. The molecule has 0 spiro atoms. The monoisotopic (exact) mass is 325 g/mol. The highest BCUT2D eigenvalue weighted by atomic mass is 16.4. The third-order valence-corrected chi connectivity index (χ3v) is 4.85. The second-order valence-electron chi connectivity index (χ2n) is 6.21. The van der Waals surface area contributed by atoms with Crippen molar-refractivity contribution >= 4 is 22.1 Å². The Kier molecular flexibility index (Phi) is 2.34. The van der Waals surface area contributed by atoms with E-state index < -0.39 is 0 Å². The number of para-hydroxylation sites is 1. The van der Waals surface area contributed by atoms with Crippen LogP contribution in [-0.2, 0) is 6.54 Å². The molecule has 0 aliphatic carbocycles. The van der Waals surface area contributed by atoms with Crippen LogP contribution >= 0.6 is 0 Å². The van der Waals surface area contributed by atoms with Gasteiger partial charge in [-0.3, -0.25) is 14.5 Å². The van der Waals surface area contributed by atoms with Gasteiger partial charge in [0.2, 0.25) is 0 Å². The van der Waals surface area contributed by atoms with Gasteiger partial charge in [-0.05, 0) is 30.3 Å². The normalized spacial score (nSPS) is 12.6. The lowest BCUT2D eigenvalue weighted by Crippen LogP contribution is -2.30. The highest BCUT2D eigenvalue weighted by Gasteiger charge is 2.38. The molecule has 5 aromatic rings. The maximum Gasteiger partial charge on any atom is 0.385 e. The van der Waals surface area contributed by atoms with Gasteiger partial charge in [-0.15, -0.1) is 4.57 Å². The molecule has 0 saturated heterocycles. The average molecular weight is 325 g/mol. The summed E-state index contributed by atoms with van der Waals surface area (Å²) in [6.07, 6.45) is 5.56. The molecule has 0 atom stereocenters. The fourth-order valence-electron chi connectivity index (χ4n) is 3.79. The molecule has 25 heavy (non-hydrogen) atoms. The maximum absolute atomic E-state index is 6.37. The number of fused-ring (bicyclic) bond motifs is 7. The minimum absolute atomic E-state index is 0.724. The van der Waals surface area contributed by atoms with Crippen molar-refractivity contribution in [3.8, 4) is 17.1 Å². The Balaban J connectivity index is 1.78. The van der Waals surface area contributed by atoms with Gasteiger partial charge in [-0.2, -0.15) is 0 Å². The van der Waals surface area contributed by atoms with Gasteiger partial charge in [-0.25, -0.2) is 0 Å². The lowest BCUT2D eigenvalue weighted by molar-refractivity contribution is -0.649. The summed E-state index contributed by atoms with van der Waals surface area (Å²) in [6, 6.07) is 16.3. The number of pyridine rings is 2. The Morgan fingerprint density at radius 2 is 1.92 bits per heavy atom. The molecule has 0 fully saturated rings. The predicted octanol–water partition coefficient (Wildman–Crippen LogP) is 3.48. The fourth-order valence-corrected chi connectivity index (χ4v) is 3.79. The van der Waals surface area contributed by atoms with Crippen LogP contribution in [0.4, 0.5) is 0 Å². The molecule has 1 aliphatic rings. The van der Waals surface area contributed by atoms with Gasteiger partial charge in [0.25, 0.3) is 11.2 Å². The van der Waals surface area contributed by atoms with Crippen LogP contribution in [0, 0.1) is 0 Å². The maximum atomic E-state index is 6.37. The van der Waals surface area contributed by atoms with Gasteiger partial charge in [0.1, 0.15) is 11.3 Å². The number of oxazole rings is 1. The molecular formula is C20H13N4O+. The molecule has 0 saturated carbocycles. The molecule has 4 aromatic heterocycles. The Bertz CT molecular complexity index is 1270. The molecule has 0 N–H and O–H groups in total. The van der Waals surface area contributed by atoms with E-state index in [2.05, 4.69) is 37.3 Å². The summed E-state index contributed by atoms with van der Waals surface area (Å²) in [5.41, 5.74) is 6.20. The summed E-state index contributed by atoms with van der Waals surface area (Å²) in [6.45, 7) is 0.724.